The highest BCUT2D eigenvalue weighted by atomic mass is 19.1. The van der Waals surface area contributed by atoms with Crippen LogP contribution in [0.15, 0.2) is 58.7 Å². The van der Waals surface area contributed by atoms with Crippen molar-refractivity contribution in [3.63, 3.8) is 0 Å². The summed E-state index contributed by atoms with van der Waals surface area (Å²) >= 11 is 0. The molecule has 0 amide bonds. The van der Waals surface area contributed by atoms with Crippen molar-refractivity contribution in [2.45, 2.75) is 13.0 Å². The van der Waals surface area contributed by atoms with Crippen molar-refractivity contribution in [2.24, 2.45) is 4.99 Å². The summed E-state index contributed by atoms with van der Waals surface area (Å²) in [7, 11) is 1.51. The smallest absolute Gasteiger partial charge is 0.191 e. The maximum absolute atomic E-state index is 13.5. The molecule has 0 fully saturated rings. The lowest BCUT2D eigenvalue weighted by Gasteiger charge is -2.11. The lowest BCUT2D eigenvalue weighted by Crippen LogP contribution is -2.38. The fraction of sp³-hybridized carbons (Fsp3) is 0.278. The van der Waals surface area contributed by atoms with Gasteiger partial charge in [-0.15, -0.1) is 6.58 Å². The molecule has 0 saturated carbocycles. The van der Waals surface area contributed by atoms with Gasteiger partial charge in [-0.25, -0.2) is 9.38 Å². The molecule has 0 aliphatic rings. The third-order valence-corrected chi connectivity index (χ3v) is 3.24. The Labute approximate surface area is 141 Å². The van der Waals surface area contributed by atoms with E-state index in [0.29, 0.717) is 31.3 Å². The Morgan fingerprint density at radius 3 is 2.96 bits per heavy atom. The minimum absolute atomic E-state index is 0.335. The fourth-order valence-electron chi connectivity index (χ4n) is 2.10. The van der Waals surface area contributed by atoms with Crippen LogP contribution in [0, 0.1) is 5.82 Å². The zero-order chi connectivity index (χ0) is 17.2. The summed E-state index contributed by atoms with van der Waals surface area (Å²) in [6.07, 6.45) is 4.14. The number of furan rings is 1. The van der Waals surface area contributed by atoms with Gasteiger partial charge in [0, 0.05) is 25.6 Å². The summed E-state index contributed by atoms with van der Waals surface area (Å²) in [5, 5.41) is 6.34. The summed E-state index contributed by atoms with van der Waals surface area (Å²) < 4.78 is 23.9. The molecule has 0 atom stereocenters. The van der Waals surface area contributed by atoms with Crippen LogP contribution < -0.4 is 15.4 Å². The third kappa shape index (κ3) is 5.79. The number of nitrogens with one attached hydrogen (secondary N) is 2. The molecular formula is C18H22FN3O2. The molecule has 5 nitrogen and oxygen atoms in total. The molecule has 0 bridgehead atoms. The molecule has 0 radical (unpaired) electrons. The number of rotatable bonds is 8. The highest BCUT2D eigenvalue weighted by Crippen LogP contribution is 2.16. The van der Waals surface area contributed by atoms with Gasteiger partial charge in [0.15, 0.2) is 5.96 Å². The third-order valence-electron chi connectivity index (χ3n) is 3.24. The molecular weight excluding hydrogens is 309 g/mol. The van der Waals surface area contributed by atoms with Crippen LogP contribution in [0.4, 0.5) is 4.39 Å². The number of guanidine groups is 1. The molecule has 1 heterocycles. The number of aliphatic imine (C=N–C) groups is 1. The maximum Gasteiger partial charge on any atom is 0.191 e. The molecule has 0 unspecified atom stereocenters. The predicted molar refractivity (Wildman–Crippen MR) is 92.7 cm³/mol. The highest BCUT2D eigenvalue weighted by molar-refractivity contribution is 5.79. The molecule has 0 aliphatic heterocycles. The minimum atomic E-state index is -0.342. The number of hydrogen-bond acceptors (Lipinski definition) is 3. The van der Waals surface area contributed by atoms with Gasteiger partial charge in [0.05, 0.1) is 19.9 Å². The quantitative estimate of drug-likeness (QED) is 0.444. The number of ether oxygens (including phenoxy) is 1. The molecule has 24 heavy (non-hydrogen) atoms. The number of methoxy groups -OCH3 is 1. The Morgan fingerprint density at radius 2 is 2.25 bits per heavy atom. The van der Waals surface area contributed by atoms with Gasteiger partial charge in [-0.1, -0.05) is 6.08 Å². The Balaban J connectivity index is 1.96. The second-order valence-electron chi connectivity index (χ2n) is 5.09. The first-order valence-corrected chi connectivity index (χ1v) is 7.70. The summed E-state index contributed by atoms with van der Waals surface area (Å²) in [4.78, 5) is 4.46. The van der Waals surface area contributed by atoms with E-state index in [1.54, 1.807) is 18.4 Å². The van der Waals surface area contributed by atoms with Crippen LogP contribution in [0.5, 0.6) is 5.75 Å². The lowest BCUT2D eigenvalue weighted by molar-refractivity contribution is 0.410. The molecule has 1 aromatic carbocycles. The normalized spacial score (nSPS) is 11.2. The van der Waals surface area contributed by atoms with Gasteiger partial charge in [0.25, 0.3) is 0 Å². The SMILES string of the molecule is C=CCNC(=NCc1cc(F)cc(OC)c1)NCCc1ccco1. The second-order valence-corrected chi connectivity index (χ2v) is 5.09. The van der Waals surface area contributed by atoms with E-state index in [9.17, 15) is 4.39 Å². The predicted octanol–water partition coefficient (Wildman–Crippen LogP) is 2.89. The average molecular weight is 331 g/mol. The molecule has 6 heteroatoms. The van der Waals surface area contributed by atoms with E-state index in [2.05, 4.69) is 22.2 Å². The fourth-order valence-corrected chi connectivity index (χ4v) is 2.10. The molecule has 2 rings (SSSR count). The molecule has 128 valence electrons. The summed E-state index contributed by atoms with van der Waals surface area (Å²) in [6, 6.07) is 8.33. The van der Waals surface area contributed by atoms with Gasteiger partial charge in [-0.2, -0.15) is 0 Å². The Bertz CT molecular complexity index is 669. The van der Waals surface area contributed by atoms with Crippen LogP contribution >= 0.6 is 0 Å². The first-order chi connectivity index (χ1) is 11.7. The van der Waals surface area contributed by atoms with E-state index in [0.717, 1.165) is 17.7 Å². The number of nitrogens with zero attached hydrogens (tertiary/aromatic N) is 1. The monoisotopic (exact) mass is 331 g/mol. The van der Waals surface area contributed by atoms with Crippen molar-refractivity contribution < 1.29 is 13.5 Å². The van der Waals surface area contributed by atoms with Gasteiger partial charge in [0.1, 0.15) is 17.3 Å². The average Bonchev–Trinajstić information content (AvgIpc) is 3.09. The van der Waals surface area contributed by atoms with Crippen molar-refractivity contribution in [3.05, 3.63) is 66.4 Å². The van der Waals surface area contributed by atoms with Crippen molar-refractivity contribution in [2.75, 3.05) is 20.2 Å². The van der Waals surface area contributed by atoms with E-state index >= 15 is 0 Å². The molecule has 0 saturated heterocycles. The van der Waals surface area contributed by atoms with Crippen molar-refractivity contribution in [3.8, 4) is 5.75 Å². The minimum Gasteiger partial charge on any atom is -0.497 e. The summed E-state index contributed by atoms with van der Waals surface area (Å²) in [6.45, 7) is 5.27. The topological polar surface area (TPSA) is 58.8 Å². The van der Waals surface area contributed by atoms with Crippen molar-refractivity contribution in [1.82, 2.24) is 10.6 Å². The summed E-state index contributed by atoms with van der Waals surface area (Å²) in [5.41, 5.74) is 0.734. The Kier molecular flexibility index (Phi) is 6.89. The largest absolute Gasteiger partial charge is 0.497 e. The van der Waals surface area contributed by atoms with Gasteiger partial charge in [-0.3, -0.25) is 0 Å². The van der Waals surface area contributed by atoms with Crippen LogP contribution in [0.1, 0.15) is 11.3 Å². The van der Waals surface area contributed by atoms with Gasteiger partial charge in [-0.05, 0) is 29.8 Å². The van der Waals surface area contributed by atoms with E-state index in [4.69, 9.17) is 9.15 Å². The van der Waals surface area contributed by atoms with Crippen molar-refractivity contribution >= 4 is 5.96 Å². The van der Waals surface area contributed by atoms with Crippen LogP contribution in [0.3, 0.4) is 0 Å². The van der Waals surface area contributed by atoms with Gasteiger partial charge < -0.3 is 19.8 Å². The molecule has 0 aliphatic carbocycles. The Morgan fingerprint density at radius 1 is 1.38 bits per heavy atom. The molecule has 2 aromatic rings. The number of benzene rings is 1. The maximum atomic E-state index is 13.5. The van der Waals surface area contributed by atoms with Crippen LogP contribution in [-0.4, -0.2) is 26.2 Å². The van der Waals surface area contributed by atoms with Crippen molar-refractivity contribution in [1.29, 1.82) is 0 Å². The molecule has 2 N–H and O–H groups in total. The highest BCUT2D eigenvalue weighted by Gasteiger charge is 2.03. The second kappa shape index (κ2) is 9.39. The molecule has 1 aromatic heterocycles. The van der Waals surface area contributed by atoms with Crippen LogP contribution in [0.25, 0.3) is 0 Å². The van der Waals surface area contributed by atoms with E-state index < -0.39 is 0 Å². The van der Waals surface area contributed by atoms with Crippen LogP contribution in [0.2, 0.25) is 0 Å². The van der Waals surface area contributed by atoms with Gasteiger partial charge in [0.2, 0.25) is 0 Å². The molecule has 0 spiro atoms. The zero-order valence-corrected chi connectivity index (χ0v) is 13.7. The summed E-state index contributed by atoms with van der Waals surface area (Å²) in [5.74, 6) is 1.67. The Hall–Kier alpha value is -2.76. The zero-order valence-electron chi connectivity index (χ0n) is 13.7. The van der Waals surface area contributed by atoms with Crippen LogP contribution in [-0.2, 0) is 13.0 Å². The van der Waals surface area contributed by atoms with E-state index in [-0.39, 0.29) is 5.82 Å². The number of hydrogen-bond donors (Lipinski definition) is 2. The van der Waals surface area contributed by atoms with Gasteiger partial charge >= 0.3 is 0 Å². The van der Waals surface area contributed by atoms with E-state index in [1.807, 2.05) is 12.1 Å². The lowest BCUT2D eigenvalue weighted by atomic mass is 10.2. The number of halogens is 1. The standard InChI is InChI=1S/C18H22FN3O2/c1-3-7-20-18(21-8-6-16-5-4-9-24-16)22-13-14-10-15(19)12-17(11-14)23-2/h3-5,9-12H,1,6-8,13H2,2H3,(H2,20,21,22). The first-order valence-electron chi connectivity index (χ1n) is 7.70. The first kappa shape index (κ1) is 17.6. The van der Waals surface area contributed by atoms with E-state index in [1.165, 1.54) is 19.2 Å².